The van der Waals surface area contributed by atoms with Gasteiger partial charge in [-0.15, -0.1) is 0 Å². The number of phenolic OH excluding ortho intramolecular Hbond substituents is 1. The Kier molecular flexibility index (Phi) is 4.61. The van der Waals surface area contributed by atoms with Gasteiger partial charge in [0.1, 0.15) is 5.75 Å². The molecule has 0 saturated carbocycles. The van der Waals surface area contributed by atoms with Crippen molar-refractivity contribution in [2.24, 2.45) is 0 Å². The number of nitrogens with zero attached hydrogens (tertiary/aromatic N) is 1. The molecule has 3 heteroatoms. The fourth-order valence-electron chi connectivity index (χ4n) is 2.74. The molecule has 1 aliphatic rings. The van der Waals surface area contributed by atoms with Gasteiger partial charge in [0.2, 0.25) is 0 Å². The van der Waals surface area contributed by atoms with Gasteiger partial charge in [0, 0.05) is 12.1 Å². The summed E-state index contributed by atoms with van der Waals surface area (Å²) < 4.78 is 0. The van der Waals surface area contributed by atoms with E-state index in [1.165, 1.54) is 24.8 Å². The highest BCUT2D eigenvalue weighted by molar-refractivity contribution is 5.29. The van der Waals surface area contributed by atoms with Crippen LogP contribution < -0.4 is 5.32 Å². The number of hydrogen-bond donors (Lipinski definition) is 2. The van der Waals surface area contributed by atoms with E-state index in [9.17, 15) is 5.11 Å². The minimum Gasteiger partial charge on any atom is -0.508 e. The minimum atomic E-state index is 0.347. The van der Waals surface area contributed by atoms with Crippen LogP contribution in [-0.2, 0) is 0 Å². The first-order valence-corrected chi connectivity index (χ1v) is 6.90. The smallest absolute Gasteiger partial charge is 0.115 e. The summed E-state index contributed by atoms with van der Waals surface area (Å²) >= 11 is 0. The second-order valence-corrected chi connectivity index (χ2v) is 5.27. The van der Waals surface area contributed by atoms with E-state index in [0.717, 1.165) is 13.1 Å². The van der Waals surface area contributed by atoms with Gasteiger partial charge >= 0.3 is 0 Å². The Morgan fingerprint density at radius 3 is 2.94 bits per heavy atom. The predicted molar refractivity (Wildman–Crippen MR) is 74.8 cm³/mol. The van der Waals surface area contributed by atoms with Crippen LogP contribution in [0.4, 0.5) is 0 Å². The average molecular weight is 248 g/mol. The van der Waals surface area contributed by atoms with Gasteiger partial charge in [0.15, 0.2) is 0 Å². The van der Waals surface area contributed by atoms with Crippen LogP contribution in [-0.4, -0.2) is 36.2 Å². The molecular formula is C15H24N2O. The maximum atomic E-state index is 9.57. The summed E-state index contributed by atoms with van der Waals surface area (Å²) in [6.07, 6.45) is 3.72. The fourth-order valence-corrected chi connectivity index (χ4v) is 2.74. The van der Waals surface area contributed by atoms with E-state index in [1.807, 2.05) is 12.1 Å². The van der Waals surface area contributed by atoms with E-state index in [0.29, 0.717) is 17.8 Å². The molecule has 3 nitrogen and oxygen atoms in total. The van der Waals surface area contributed by atoms with E-state index < -0.39 is 0 Å². The maximum absolute atomic E-state index is 9.57. The molecule has 0 aromatic heterocycles. The quantitative estimate of drug-likeness (QED) is 0.863. The summed E-state index contributed by atoms with van der Waals surface area (Å²) in [7, 11) is 2.20. The lowest BCUT2D eigenvalue weighted by Gasteiger charge is -2.32. The predicted octanol–water partition coefficient (Wildman–Crippen LogP) is 2.53. The topological polar surface area (TPSA) is 35.5 Å². The molecule has 2 unspecified atom stereocenters. The van der Waals surface area contributed by atoms with Crippen molar-refractivity contribution in [3.63, 3.8) is 0 Å². The molecule has 0 amide bonds. The van der Waals surface area contributed by atoms with Crippen LogP contribution in [0.2, 0.25) is 0 Å². The standard InChI is InChI=1S/C15H24N2O/c1-12(13-5-3-7-15(18)11-13)17(2)14-6-4-9-16-10-8-14/h3,5,7,11-12,14,16,18H,4,6,8-10H2,1-2H3. The highest BCUT2D eigenvalue weighted by Gasteiger charge is 2.21. The minimum absolute atomic E-state index is 0.347. The van der Waals surface area contributed by atoms with Crippen molar-refractivity contribution in [1.82, 2.24) is 10.2 Å². The van der Waals surface area contributed by atoms with Gasteiger partial charge in [-0.2, -0.15) is 0 Å². The normalized spacial score (nSPS) is 22.7. The van der Waals surface area contributed by atoms with E-state index in [-0.39, 0.29) is 0 Å². The monoisotopic (exact) mass is 248 g/mol. The zero-order chi connectivity index (χ0) is 13.0. The number of benzene rings is 1. The Bertz CT molecular complexity index is 373. The van der Waals surface area contributed by atoms with Crippen molar-refractivity contribution in [2.75, 3.05) is 20.1 Å². The Labute approximate surface area is 110 Å². The molecule has 18 heavy (non-hydrogen) atoms. The third-order valence-electron chi connectivity index (χ3n) is 4.08. The van der Waals surface area contributed by atoms with E-state index in [2.05, 4.69) is 30.3 Å². The summed E-state index contributed by atoms with van der Waals surface area (Å²) in [5.41, 5.74) is 1.19. The van der Waals surface area contributed by atoms with Gasteiger partial charge in [-0.05, 0) is 64.0 Å². The molecule has 0 bridgehead atoms. The molecule has 1 aliphatic heterocycles. The SMILES string of the molecule is CC(c1cccc(O)c1)N(C)C1CCCNCC1. The zero-order valence-electron chi connectivity index (χ0n) is 11.4. The lowest BCUT2D eigenvalue weighted by molar-refractivity contribution is 0.171. The van der Waals surface area contributed by atoms with Crippen LogP contribution in [0.5, 0.6) is 5.75 Å². The Morgan fingerprint density at radius 1 is 1.33 bits per heavy atom. The molecular weight excluding hydrogens is 224 g/mol. The molecule has 0 spiro atoms. The van der Waals surface area contributed by atoms with Gasteiger partial charge in [0.25, 0.3) is 0 Å². The van der Waals surface area contributed by atoms with Crippen molar-refractivity contribution in [2.45, 2.75) is 38.3 Å². The number of hydrogen-bond acceptors (Lipinski definition) is 3. The summed E-state index contributed by atoms with van der Waals surface area (Å²) in [5, 5.41) is 13.0. The van der Waals surface area contributed by atoms with Crippen LogP contribution >= 0.6 is 0 Å². The molecule has 1 heterocycles. The first kappa shape index (κ1) is 13.4. The number of nitrogens with one attached hydrogen (secondary N) is 1. The molecule has 2 rings (SSSR count). The lowest BCUT2D eigenvalue weighted by Crippen LogP contribution is -2.34. The van der Waals surface area contributed by atoms with Crippen molar-refractivity contribution >= 4 is 0 Å². The van der Waals surface area contributed by atoms with Crippen molar-refractivity contribution in [1.29, 1.82) is 0 Å². The molecule has 1 aromatic rings. The van der Waals surface area contributed by atoms with Gasteiger partial charge in [0.05, 0.1) is 0 Å². The zero-order valence-corrected chi connectivity index (χ0v) is 11.4. The third kappa shape index (κ3) is 3.24. The third-order valence-corrected chi connectivity index (χ3v) is 4.08. The van der Waals surface area contributed by atoms with Crippen molar-refractivity contribution < 1.29 is 5.11 Å². The molecule has 2 atom stereocenters. The van der Waals surface area contributed by atoms with Crippen LogP contribution in [0, 0.1) is 0 Å². The lowest BCUT2D eigenvalue weighted by atomic mass is 10.0. The Hall–Kier alpha value is -1.06. The van der Waals surface area contributed by atoms with Gasteiger partial charge in [-0.3, -0.25) is 4.90 Å². The number of aromatic hydroxyl groups is 1. The van der Waals surface area contributed by atoms with Gasteiger partial charge in [-0.1, -0.05) is 12.1 Å². The summed E-state index contributed by atoms with van der Waals surface area (Å²) in [6.45, 7) is 4.47. The number of rotatable bonds is 3. The van der Waals surface area contributed by atoms with Gasteiger partial charge < -0.3 is 10.4 Å². The largest absolute Gasteiger partial charge is 0.508 e. The van der Waals surface area contributed by atoms with Crippen LogP contribution in [0.3, 0.4) is 0 Å². The molecule has 1 aromatic carbocycles. The summed E-state index contributed by atoms with van der Waals surface area (Å²) in [4.78, 5) is 2.45. The molecule has 100 valence electrons. The van der Waals surface area contributed by atoms with Crippen molar-refractivity contribution in [3.8, 4) is 5.75 Å². The summed E-state index contributed by atoms with van der Waals surface area (Å²) in [5.74, 6) is 0.357. The molecule has 2 N–H and O–H groups in total. The number of phenols is 1. The highest BCUT2D eigenvalue weighted by atomic mass is 16.3. The van der Waals surface area contributed by atoms with E-state index in [4.69, 9.17) is 0 Å². The first-order valence-electron chi connectivity index (χ1n) is 6.90. The maximum Gasteiger partial charge on any atom is 0.115 e. The molecule has 1 saturated heterocycles. The van der Waals surface area contributed by atoms with Crippen molar-refractivity contribution in [3.05, 3.63) is 29.8 Å². The molecule has 0 aliphatic carbocycles. The van der Waals surface area contributed by atoms with E-state index in [1.54, 1.807) is 6.07 Å². The molecule has 0 radical (unpaired) electrons. The highest BCUT2D eigenvalue weighted by Crippen LogP contribution is 2.26. The Morgan fingerprint density at radius 2 is 2.17 bits per heavy atom. The first-order chi connectivity index (χ1) is 8.68. The second kappa shape index (κ2) is 6.21. The van der Waals surface area contributed by atoms with Crippen LogP contribution in [0.1, 0.15) is 37.8 Å². The Balaban J connectivity index is 2.05. The summed E-state index contributed by atoms with van der Waals surface area (Å²) in [6, 6.07) is 8.60. The van der Waals surface area contributed by atoms with Gasteiger partial charge in [-0.25, -0.2) is 0 Å². The second-order valence-electron chi connectivity index (χ2n) is 5.27. The van der Waals surface area contributed by atoms with Crippen LogP contribution in [0.25, 0.3) is 0 Å². The van der Waals surface area contributed by atoms with E-state index >= 15 is 0 Å². The van der Waals surface area contributed by atoms with Crippen LogP contribution in [0.15, 0.2) is 24.3 Å². The average Bonchev–Trinajstić information content (AvgIpc) is 2.66. The molecule has 1 fully saturated rings. The fraction of sp³-hybridized carbons (Fsp3) is 0.600.